The van der Waals surface area contributed by atoms with Crippen molar-refractivity contribution < 1.29 is 14.3 Å². The second kappa shape index (κ2) is 5.46. The van der Waals surface area contributed by atoms with Crippen LogP contribution in [0.5, 0.6) is 0 Å². The van der Waals surface area contributed by atoms with Gasteiger partial charge >= 0.3 is 5.97 Å². The largest absolute Gasteiger partial charge is 0.481 e. The van der Waals surface area contributed by atoms with Crippen LogP contribution in [-0.2, 0) is 4.79 Å². The Morgan fingerprint density at radius 2 is 2.00 bits per heavy atom. The molecule has 1 aromatic rings. The van der Waals surface area contributed by atoms with Gasteiger partial charge in [0, 0.05) is 12.0 Å². The van der Waals surface area contributed by atoms with Gasteiger partial charge in [0.05, 0.1) is 6.42 Å². The molecule has 0 bridgehead atoms. The number of benzene rings is 1. The summed E-state index contributed by atoms with van der Waals surface area (Å²) in [6.07, 6.45) is -0.144. The first kappa shape index (κ1) is 11.7. The first-order valence-corrected chi connectivity index (χ1v) is 4.73. The summed E-state index contributed by atoms with van der Waals surface area (Å²) in [5.74, 6) is -1.43. The molecule has 0 amide bonds. The Morgan fingerprint density at radius 1 is 1.40 bits per heavy atom. The number of carboxylic acid groups (broad SMARTS) is 1. The van der Waals surface area contributed by atoms with Crippen LogP contribution in [0.2, 0.25) is 0 Å². The minimum atomic E-state index is -0.965. The summed E-state index contributed by atoms with van der Waals surface area (Å²) >= 11 is 0. The summed E-state index contributed by atoms with van der Waals surface area (Å²) in [7, 11) is 0. The molecule has 0 spiro atoms. The van der Waals surface area contributed by atoms with Gasteiger partial charge in [-0.1, -0.05) is 30.3 Å². The van der Waals surface area contributed by atoms with Gasteiger partial charge in [0.25, 0.3) is 0 Å². The van der Waals surface area contributed by atoms with Crippen LogP contribution < -0.4 is 5.73 Å². The van der Waals surface area contributed by atoms with Crippen LogP contribution in [0.3, 0.4) is 0 Å². The molecule has 1 aromatic carbocycles. The molecule has 0 saturated heterocycles. The Hall–Kier alpha value is -1.42. The highest BCUT2D eigenvalue weighted by atomic mass is 19.1. The van der Waals surface area contributed by atoms with Gasteiger partial charge in [0.1, 0.15) is 6.67 Å². The standard InChI is InChI=1S/C11H14FNO2/c12-7-10(13)9(6-11(14)15)8-4-2-1-3-5-8/h1-5,9-10H,6-7,13H2,(H,14,15)/t9-,10+/m1/s1. The highest BCUT2D eigenvalue weighted by Crippen LogP contribution is 2.22. The highest BCUT2D eigenvalue weighted by molar-refractivity contribution is 5.68. The fraction of sp³-hybridized carbons (Fsp3) is 0.364. The predicted octanol–water partition coefficient (Wildman–Crippen LogP) is 1.54. The van der Waals surface area contributed by atoms with Crippen molar-refractivity contribution in [3.8, 4) is 0 Å². The number of hydrogen-bond acceptors (Lipinski definition) is 2. The lowest BCUT2D eigenvalue weighted by molar-refractivity contribution is -0.137. The third-order valence-corrected chi connectivity index (χ3v) is 2.32. The minimum absolute atomic E-state index is 0.144. The number of aliphatic carboxylic acids is 1. The van der Waals surface area contributed by atoms with Crippen molar-refractivity contribution in [3.63, 3.8) is 0 Å². The van der Waals surface area contributed by atoms with E-state index in [4.69, 9.17) is 10.8 Å². The number of nitrogens with two attached hydrogens (primary N) is 1. The molecule has 2 atom stereocenters. The van der Waals surface area contributed by atoms with Crippen LogP contribution in [-0.4, -0.2) is 23.8 Å². The van der Waals surface area contributed by atoms with Gasteiger partial charge in [-0.15, -0.1) is 0 Å². The maximum absolute atomic E-state index is 12.5. The average Bonchev–Trinajstić information content (AvgIpc) is 2.26. The molecule has 3 N–H and O–H groups in total. The Kier molecular flexibility index (Phi) is 4.24. The van der Waals surface area contributed by atoms with Crippen molar-refractivity contribution in [1.29, 1.82) is 0 Å². The van der Waals surface area contributed by atoms with Crippen LogP contribution >= 0.6 is 0 Å². The van der Waals surface area contributed by atoms with Crippen LogP contribution in [0.4, 0.5) is 4.39 Å². The van der Waals surface area contributed by atoms with E-state index in [-0.39, 0.29) is 6.42 Å². The topological polar surface area (TPSA) is 63.3 Å². The van der Waals surface area contributed by atoms with Gasteiger partial charge in [-0.25, -0.2) is 4.39 Å². The lowest BCUT2D eigenvalue weighted by Crippen LogP contribution is -2.32. The second-order valence-corrected chi connectivity index (χ2v) is 3.43. The number of halogens is 1. The van der Waals surface area contributed by atoms with Crippen LogP contribution in [0.1, 0.15) is 17.9 Å². The van der Waals surface area contributed by atoms with Crippen molar-refractivity contribution in [2.75, 3.05) is 6.67 Å². The molecule has 0 fully saturated rings. The van der Waals surface area contributed by atoms with Crippen molar-refractivity contribution in [1.82, 2.24) is 0 Å². The SMILES string of the molecule is N[C@@H](CF)[C@H](CC(=O)O)c1ccccc1. The van der Waals surface area contributed by atoms with Crippen LogP contribution in [0.15, 0.2) is 30.3 Å². The van der Waals surface area contributed by atoms with Gasteiger partial charge < -0.3 is 10.8 Å². The first-order chi connectivity index (χ1) is 7.15. The Labute approximate surface area is 87.7 Å². The zero-order valence-electron chi connectivity index (χ0n) is 8.27. The summed E-state index contributed by atoms with van der Waals surface area (Å²) in [4.78, 5) is 10.6. The van der Waals surface area contributed by atoms with Gasteiger partial charge in [-0.05, 0) is 5.56 Å². The molecular formula is C11H14FNO2. The van der Waals surface area contributed by atoms with E-state index in [1.807, 2.05) is 6.07 Å². The number of rotatable bonds is 5. The predicted molar refractivity (Wildman–Crippen MR) is 55.4 cm³/mol. The van der Waals surface area contributed by atoms with E-state index >= 15 is 0 Å². The third kappa shape index (κ3) is 3.32. The summed E-state index contributed by atoms with van der Waals surface area (Å²) in [6, 6.07) is 8.17. The smallest absolute Gasteiger partial charge is 0.304 e. The summed E-state index contributed by atoms with van der Waals surface area (Å²) < 4.78 is 12.5. The van der Waals surface area contributed by atoms with E-state index in [9.17, 15) is 9.18 Å². The van der Waals surface area contributed by atoms with E-state index in [0.717, 1.165) is 5.56 Å². The molecule has 0 aliphatic carbocycles. The number of hydrogen-bond donors (Lipinski definition) is 2. The van der Waals surface area contributed by atoms with Crippen molar-refractivity contribution >= 4 is 5.97 Å². The molecule has 4 heteroatoms. The zero-order valence-corrected chi connectivity index (χ0v) is 8.27. The minimum Gasteiger partial charge on any atom is -0.481 e. The molecule has 0 saturated carbocycles. The van der Waals surface area contributed by atoms with E-state index in [0.29, 0.717) is 0 Å². The van der Waals surface area contributed by atoms with E-state index in [2.05, 4.69) is 0 Å². The third-order valence-electron chi connectivity index (χ3n) is 2.32. The molecule has 0 heterocycles. The molecule has 82 valence electrons. The fourth-order valence-electron chi connectivity index (χ4n) is 1.51. The van der Waals surface area contributed by atoms with Crippen LogP contribution in [0.25, 0.3) is 0 Å². The van der Waals surface area contributed by atoms with Crippen molar-refractivity contribution in [3.05, 3.63) is 35.9 Å². The lowest BCUT2D eigenvalue weighted by Gasteiger charge is -2.20. The van der Waals surface area contributed by atoms with Gasteiger partial charge in [-0.3, -0.25) is 4.79 Å². The molecule has 15 heavy (non-hydrogen) atoms. The number of carbonyl (C=O) groups is 1. The Morgan fingerprint density at radius 3 is 2.47 bits per heavy atom. The Balaban J connectivity index is 2.86. The lowest BCUT2D eigenvalue weighted by atomic mass is 9.90. The zero-order chi connectivity index (χ0) is 11.3. The molecular weight excluding hydrogens is 197 g/mol. The first-order valence-electron chi connectivity index (χ1n) is 4.73. The quantitative estimate of drug-likeness (QED) is 0.776. The summed E-state index contributed by atoms with van der Waals surface area (Å²) in [6.45, 7) is -0.715. The van der Waals surface area contributed by atoms with Crippen molar-refractivity contribution in [2.45, 2.75) is 18.4 Å². The molecule has 0 radical (unpaired) electrons. The highest BCUT2D eigenvalue weighted by Gasteiger charge is 2.22. The van der Waals surface area contributed by atoms with Crippen molar-refractivity contribution in [2.24, 2.45) is 5.73 Å². The molecule has 0 aliphatic rings. The average molecular weight is 211 g/mol. The maximum atomic E-state index is 12.5. The summed E-state index contributed by atoms with van der Waals surface area (Å²) in [5.41, 5.74) is 6.33. The van der Waals surface area contributed by atoms with Gasteiger partial charge in [0.15, 0.2) is 0 Å². The molecule has 0 aliphatic heterocycles. The summed E-state index contributed by atoms with van der Waals surface area (Å²) in [5, 5.41) is 8.71. The number of carboxylic acids is 1. The molecule has 1 rings (SSSR count). The Bertz CT molecular complexity index is 316. The van der Waals surface area contributed by atoms with E-state index < -0.39 is 24.6 Å². The normalized spacial score (nSPS) is 14.5. The monoisotopic (exact) mass is 211 g/mol. The van der Waals surface area contributed by atoms with Crippen LogP contribution in [0, 0.1) is 0 Å². The fourth-order valence-corrected chi connectivity index (χ4v) is 1.51. The van der Waals surface area contributed by atoms with E-state index in [1.165, 1.54) is 0 Å². The van der Waals surface area contributed by atoms with E-state index in [1.54, 1.807) is 24.3 Å². The number of alkyl halides is 1. The molecule has 3 nitrogen and oxygen atoms in total. The second-order valence-electron chi connectivity index (χ2n) is 3.43. The molecule has 0 aromatic heterocycles. The maximum Gasteiger partial charge on any atom is 0.304 e. The van der Waals surface area contributed by atoms with Gasteiger partial charge in [0.2, 0.25) is 0 Å². The van der Waals surface area contributed by atoms with Gasteiger partial charge in [-0.2, -0.15) is 0 Å². The molecule has 0 unspecified atom stereocenters.